The van der Waals surface area contributed by atoms with E-state index < -0.39 is 0 Å². The Morgan fingerprint density at radius 1 is 1.08 bits per heavy atom. The molecule has 0 fully saturated rings. The third-order valence-electron chi connectivity index (χ3n) is 3.52. The second-order valence-corrected chi connectivity index (χ2v) is 5.87. The zero-order chi connectivity index (χ0) is 17.9. The average Bonchev–Trinajstić information content (AvgIpc) is 2.63. The molecule has 25 heavy (non-hydrogen) atoms. The van der Waals surface area contributed by atoms with Crippen molar-refractivity contribution < 1.29 is 14.3 Å². The summed E-state index contributed by atoms with van der Waals surface area (Å²) in [6.07, 6.45) is 0.828. The van der Waals surface area contributed by atoms with E-state index >= 15 is 0 Å². The van der Waals surface area contributed by atoms with Crippen LogP contribution in [-0.2, 0) is 11.2 Å². The fourth-order valence-electron chi connectivity index (χ4n) is 2.22. The molecule has 2 rings (SSSR count). The predicted octanol–water partition coefficient (Wildman–Crippen LogP) is 2.68. The van der Waals surface area contributed by atoms with Gasteiger partial charge in [-0.05, 0) is 54.9 Å². The topological polar surface area (TPSA) is 59.6 Å². The van der Waals surface area contributed by atoms with Crippen molar-refractivity contribution >= 4 is 17.5 Å². The smallest absolute Gasteiger partial charge is 0.234 e. The van der Waals surface area contributed by atoms with Crippen LogP contribution in [-0.4, -0.2) is 39.3 Å². The van der Waals surface area contributed by atoms with E-state index in [9.17, 15) is 4.79 Å². The Hall–Kier alpha value is -2.24. The second kappa shape index (κ2) is 10.6. The van der Waals surface area contributed by atoms with E-state index in [0.29, 0.717) is 13.2 Å². The van der Waals surface area contributed by atoms with Gasteiger partial charge < -0.3 is 20.1 Å². The van der Waals surface area contributed by atoms with Gasteiger partial charge in [0.1, 0.15) is 18.1 Å². The van der Waals surface area contributed by atoms with Gasteiger partial charge in [0.05, 0.1) is 20.2 Å². The molecule has 6 heteroatoms. The number of nitrogens with one attached hydrogen (secondary N) is 2. The molecule has 0 saturated heterocycles. The normalized spacial score (nSPS) is 10.3. The van der Waals surface area contributed by atoms with Crippen molar-refractivity contribution in [3.63, 3.8) is 0 Å². The number of hydrogen-bond donors (Lipinski definition) is 2. The summed E-state index contributed by atoms with van der Waals surface area (Å²) in [7, 11) is 1.62. The average molecular weight is 363 g/mol. The number of rotatable bonds is 10. The minimum absolute atomic E-state index is 0.0515. The largest absolute Gasteiger partial charge is 0.497 e. The minimum Gasteiger partial charge on any atom is -0.497 e. The molecule has 0 aliphatic carbocycles. The molecule has 5 nitrogen and oxygen atoms in total. The summed E-state index contributed by atoms with van der Waals surface area (Å²) in [5.41, 5.74) is 1.15. The molecule has 2 N–H and O–H groups in total. The number of benzene rings is 2. The lowest BCUT2D eigenvalue weighted by atomic mass is 10.1. The van der Waals surface area contributed by atoms with Crippen LogP contribution < -0.4 is 20.1 Å². The van der Waals surface area contributed by atoms with Gasteiger partial charge in [-0.25, -0.2) is 0 Å². The summed E-state index contributed by atoms with van der Waals surface area (Å²) in [6, 6.07) is 15.0. The van der Waals surface area contributed by atoms with Crippen molar-refractivity contribution in [2.75, 3.05) is 33.4 Å². The second-order valence-electron chi connectivity index (χ2n) is 5.43. The molecule has 2 aromatic carbocycles. The first-order valence-electron chi connectivity index (χ1n) is 8.16. The number of methoxy groups -OCH3 is 1. The molecule has 0 spiro atoms. The van der Waals surface area contributed by atoms with Crippen LogP contribution in [0.15, 0.2) is 48.5 Å². The number of halogens is 1. The Morgan fingerprint density at radius 2 is 1.84 bits per heavy atom. The molecular weight excluding hydrogens is 340 g/mol. The molecule has 0 aromatic heterocycles. The molecule has 0 radical (unpaired) electrons. The van der Waals surface area contributed by atoms with Gasteiger partial charge >= 0.3 is 0 Å². The summed E-state index contributed by atoms with van der Waals surface area (Å²) >= 11 is 5.94. The van der Waals surface area contributed by atoms with E-state index in [1.165, 1.54) is 0 Å². The first-order chi connectivity index (χ1) is 12.2. The SMILES string of the molecule is COc1ccc(OCCNC(=O)CNCCc2cccc(Cl)c2)cc1. The lowest BCUT2D eigenvalue weighted by Gasteiger charge is -2.09. The van der Waals surface area contributed by atoms with Crippen molar-refractivity contribution in [1.29, 1.82) is 0 Å². The molecule has 0 saturated carbocycles. The fourth-order valence-corrected chi connectivity index (χ4v) is 2.43. The van der Waals surface area contributed by atoms with E-state index in [-0.39, 0.29) is 12.5 Å². The van der Waals surface area contributed by atoms with Crippen LogP contribution in [0.1, 0.15) is 5.56 Å². The highest BCUT2D eigenvalue weighted by atomic mass is 35.5. The Morgan fingerprint density at radius 3 is 2.56 bits per heavy atom. The zero-order valence-electron chi connectivity index (χ0n) is 14.3. The quantitative estimate of drug-likeness (QED) is 0.638. The molecule has 0 unspecified atom stereocenters. The number of carbonyl (C=O) groups is 1. The summed E-state index contributed by atoms with van der Waals surface area (Å²) in [5, 5.41) is 6.65. The van der Waals surface area contributed by atoms with E-state index in [1.807, 2.05) is 48.5 Å². The van der Waals surface area contributed by atoms with Crippen molar-refractivity contribution in [1.82, 2.24) is 10.6 Å². The fraction of sp³-hybridized carbons (Fsp3) is 0.316. The van der Waals surface area contributed by atoms with Gasteiger partial charge in [-0.15, -0.1) is 0 Å². The molecular formula is C19H23ClN2O3. The Kier molecular flexibility index (Phi) is 8.09. The van der Waals surface area contributed by atoms with Crippen molar-refractivity contribution in [2.24, 2.45) is 0 Å². The van der Waals surface area contributed by atoms with Gasteiger partial charge in [0, 0.05) is 5.02 Å². The molecule has 0 atom stereocenters. The predicted molar refractivity (Wildman–Crippen MR) is 99.5 cm³/mol. The van der Waals surface area contributed by atoms with Gasteiger partial charge in [0.2, 0.25) is 5.91 Å². The highest BCUT2D eigenvalue weighted by molar-refractivity contribution is 6.30. The zero-order valence-corrected chi connectivity index (χ0v) is 15.0. The number of carbonyl (C=O) groups excluding carboxylic acids is 1. The third-order valence-corrected chi connectivity index (χ3v) is 3.75. The van der Waals surface area contributed by atoms with Gasteiger partial charge in [0.15, 0.2) is 0 Å². The molecule has 0 aliphatic heterocycles. The Balaban J connectivity index is 1.53. The van der Waals surface area contributed by atoms with E-state index in [1.54, 1.807) is 7.11 Å². The van der Waals surface area contributed by atoms with Crippen LogP contribution in [0.25, 0.3) is 0 Å². The molecule has 0 heterocycles. The number of amides is 1. The Labute approximate surface area is 153 Å². The number of hydrogen-bond acceptors (Lipinski definition) is 4. The van der Waals surface area contributed by atoms with Gasteiger partial charge in [0.25, 0.3) is 0 Å². The van der Waals surface area contributed by atoms with Crippen molar-refractivity contribution in [2.45, 2.75) is 6.42 Å². The monoisotopic (exact) mass is 362 g/mol. The molecule has 0 bridgehead atoms. The van der Waals surface area contributed by atoms with E-state index in [2.05, 4.69) is 10.6 Å². The van der Waals surface area contributed by atoms with Crippen LogP contribution >= 0.6 is 11.6 Å². The maximum Gasteiger partial charge on any atom is 0.234 e. The summed E-state index contributed by atoms with van der Waals surface area (Å²) < 4.78 is 10.6. The minimum atomic E-state index is -0.0515. The van der Waals surface area contributed by atoms with Crippen LogP contribution in [0.5, 0.6) is 11.5 Å². The first kappa shape index (κ1) is 19.1. The van der Waals surface area contributed by atoms with Crippen LogP contribution in [0.4, 0.5) is 0 Å². The molecule has 2 aromatic rings. The number of ether oxygens (including phenoxy) is 2. The van der Waals surface area contributed by atoms with Crippen LogP contribution in [0.3, 0.4) is 0 Å². The summed E-state index contributed by atoms with van der Waals surface area (Å²) in [4.78, 5) is 11.7. The molecule has 0 aliphatic rings. The van der Waals surface area contributed by atoms with Gasteiger partial charge in [-0.3, -0.25) is 4.79 Å². The maximum atomic E-state index is 11.7. The Bertz CT molecular complexity index is 662. The van der Waals surface area contributed by atoms with Crippen LogP contribution in [0.2, 0.25) is 5.02 Å². The standard InChI is InChI=1S/C19H23ClN2O3/c1-24-17-5-7-18(8-6-17)25-12-11-22-19(23)14-21-10-9-15-3-2-4-16(20)13-15/h2-8,13,21H,9-12,14H2,1H3,(H,22,23). The summed E-state index contributed by atoms with van der Waals surface area (Å²) in [6.45, 7) is 1.88. The third kappa shape index (κ3) is 7.45. The van der Waals surface area contributed by atoms with Gasteiger partial charge in [-0.1, -0.05) is 23.7 Å². The first-order valence-corrected chi connectivity index (χ1v) is 8.54. The highest BCUT2D eigenvalue weighted by Gasteiger charge is 2.01. The van der Waals surface area contributed by atoms with Crippen LogP contribution in [0, 0.1) is 0 Å². The molecule has 134 valence electrons. The molecule has 1 amide bonds. The highest BCUT2D eigenvalue weighted by Crippen LogP contribution is 2.16. The lowest BCUT2D eigenvalue weighted by Crippen LogP contribution is -2.36. The maximum absolute atomic E-state index is 11.7. The van der Waals surface area contributed by atoms with Crippen molar-refractivity contribution in [3.8, 4) is 11.5 Å². The van der Waals surface area contributed by atoms with Crippen molar-refractivity contribution in [3.05, 3.63) is 59.1 Å². The van der Waals surface area contributed by atoms with E-state index in [4.69, 9.17) is 21.1 Å². The van der Waals surface area contributed by atoms with E-state index in [0.717, 1.165) is 35.1 Å². The summed E-state index contributed by atoms with van der Waals surface area (Å²) in [5.74, 6) is 1.48. The lowest BCUT2D eigenvalue weighted by molar-refractivity contribution is -0.120. The van der Waals surface area contributed by atoms with Gasteiger partial charge in [-0.2, -0.15) is 0 Å².